The van der Waals surface area contributed by atoms with Crippen molar-refractivity contribution in [1.29, 1.82) is 5.26 Å². The van der Waals surface area contributed by atoms with Crippen LogP contribution in [0.2, 0.25) is 0 Å². The first-order valence-electron chi connectivity index (χ1n) is 10.6. The van der Waals surface area contributed by atoms with Gasteiger partial charge in [-0.3, -0.25) is 4.79 Å². The average Bonchev–Trinajstić information content (AvgIpc) is 3.50. The van der Waals surface area contributed by atoms with E-state index in [1.807, 2.05) is 6.07 Å². The van der Waals surface area contributed by atoms with E-state index < -0.39 is 41.0 Å². The highest BCUT2D eigenvalue weighted by molar-refractivity contribution is 7.14. The molecule has 1 fully saturated rings. The first-order chi connectivity index (χ1) is 17.4. The summed E-state index contributed by atoms with van der Waals surface area (Å²) in [7, 11) is 0. The van der Waals surface area contributed by atoms with E-state index in [0.29, 0.717) is 38.4 Å². The van der Waals surface area contributed by atoms with E-state index >= 15 is 0 Å². The lowest BCUT2D eigenvalue weighted by atomic mass is 10.0. The number of aromatic nitrogens is 4. The van der Waals surface area contributed by atoms with Crippen LogP contribution < -0.4 is 10.2 Å². The van der Waals surface area contributed by atoms with Crippen LogP contribution in [0.5, 0.6) is 0 Å². The Morgan fingerprint density at radius 2 is 1.76 bits per heavy atom. The standard InChI is InChI=1S/C21H17F6N7O2S/c1-11(30-17(35)12-6-13(20(22,23)24)8-14(7-12)21(25,26)27)16-31-18(33-2-4-36-5-3-33)32-34(16)19-29-10-15(9-28)37-19/h6-8,10-11H,2-5H2,1H3,(H,30,35)/t11-/m0/s1. The van der Waals surface area contributed by atoms with Gasteiger partial charge in [0.05, 0.1) is 36.6 Å². The van der Waals surface area contributed by atoms with Gasteiger partial charge in [0.15, 0.2) is 5.82 Å². The van der Waals surface area contributed by atoms with Crippen molar-refractivity contribution in [2.24, 2.45) is 0 Å². The summed E-state index contributed by atoms with van der Waals surface area (Å²) in [6.45, 7) is 3.22. The van der Waals surface area contributed by atoms with E-state index in [1.165, 1.54) is 17.8 Å². The maximum atomic E-state index is 13.2. The number of morpholine rings is 1. The van der Waals surface area contributed by atoms with E-state index in [1.54, 1.807) is 4.90 Å². The fraction of sp³-hybridized carbons (Fsp3) is 0.381. The molecule has 37 heavy (non-hydrogen) atoms. The number of halogens is 6. The maximum absolute atomic E-state index is 13.2. The molecule has 2 aromatic heterocycles. The Balaban J connectivity index is 1.68. The monoisotopic (exact) mass is 545 g/mol. The Morgan fingerprint density at radius 3 is 2.30 bits per heavy atom. The van der Waals surface area contributed by atoms with E-state index in [-0.39, 0.29) is 27.8 Å². The number of nitrogens with zero attached hydrogens (tertiary/aromatic N) is 6. The largest absolute Gasteiger partial charge is 0.416 e. The molecule has 0 radical (unpaired) electrons. The lowest BCUT2D eigenvalue weighted by Gasteiger charge is -2.25. The van der Waals surface area contributed by atoms with E-state index in [2.05, 4.69) is 20.4 Å². The highest BCUT2D eigenvalue weighted by Crippen LogP contribution is 2.36. The van der Waals surface area contributed by atoms with E-state index in [4.69, 9.17) is 10.00 Å². The zero-order valence-corrected chi connectivity index (χ0v) is 19.7. The second-order valence-electron chi connectivity index (χ2n) is 7.89. The normalized spacial score (nSPS) is 15.4. The van der Waals surface area contributed by atoms with E-state index in [0.717, 1.165) is 11.3 Å². The zero-order chi connectivity index (χ0) is 27.0. The summed E-state index contributed by atoms with van der Waals surface area (Å²) in [4.78, 5) is 23.4. The molecule has 9 nitrogen and oxygen atoms in total. The third-order valence-corrected chi connectivity index (χ3v) is 6.16. The van der Waals surface area contributed by atoms with Crippen molar-refractivity contribution in [2.45, 2.75) is 25.3 Å². The number of thiazole rings is 1. The summed E-state index contributed by atoms with van der Waals surface area (Å²) in [6.07, 6.45) is -8.89. The molecule has 0 unspecified atom stereocenters. The zero-order valence-electron chi connectivity index (χ0n) is 18.9. The Bertz CT molecular complexity index is 1310. The van der Waals surface area contributed by atoms with Crippen LogP contribution in [-0.4, -0.2) is 52.0 Å². The summed E-state index contributed by atoms with van der Waals surface area (Å²) < 4.78 is 85.9. The van der Waals surface area contributed by atoms with Gasteiger partial charge in [0, 0.05) is 18.7 Å². The van der Waals surface area contributed by atoms with Crippen LogP contribution in [0.25, 0.3) is 5.13 Å². The third kappa shape index (κ3) is 5.83. The van der Waals surface area contributed by atoms with Gasteiger partial charge in [0.2, 0.25) is 11.1 Å². The molecule has 0 bridgehead atoms. The van der Waals surface area contributed by atoms with E-state index in [9.17, 15) is 31.1 Å². The molecule has 1 atom stereocenters. The molecule has 3 heterocycles. The molecule has 16 heteroatoms. The lowest BCUT2D eigenvalue weighted by molar-refractivity contribution is -0.143. The van der Waals surface area contributed by atoms with Crippen molar-refractivity contribution in [1.82, 2.24) is 25.1 Å². The van der Waals surface area contributed by atoms with Crippen molar-refractivity contribution < 1.29 is 35.9 Å². The van der Waals surface area contributed by atoms with Gasteiger partial charge in [-0.2, -0.15) is 41.3 Å². The number of nitriles is 1. The quantitative estimate of drug-likeness (QED) is 0.484. The van der Waals surface area contributed by atoms with Gasteiger partial charge in [0.25, 0.3) is 5.91 Å². The number of ether oxygens (including phenoxy) is 1. The van der Waals surface area contributed by atoms with Gasteiger partial charge in [-0.1, -0.05) is 11.3 Å². The Morgan fingerprint density at radius 1 is 1.14 bits per heavy atom. The van der Waals surface area contributed by atoms with Crippen LogP contribution in [0.15, 0.2) is 24.4 Å². The summed E-state index contributed by atoms with van der Waals surface area (Å²) in [5.74, 6) is -0.813. The molecule has 1 aromatic carbocycles. The number of carbonyl (C=O) groups is 1. The highest BCUT2D eigenvalue weighted by atomic mass is 32.1. The third-order valence-electron chi connectivity index (χ3n) is 5.28. The summed E-state index contributed by atoms with van der Waals surface area (Å²) in [6, 6.07) is 1.56. The van der Waals surface area contributed by atoms with Gasteiger partial charge in [-0.15, -0.1) is 5.10 Å². The molecule has 196 valence electrons. The molecule has 1 saturated heterocycles. The number of alkyl halides is 6. The molecule has 1 N–H and O–H groups in total. The molecular formula is C21H17F6N7O2S. The van der Waals surface area contributed by atoms with Crippen LogP contribution >= 0.6 is 11.3 Å². The fourth-order valence-electron chi connectivity index (χ4n) is 3.48. The van der Waals surface area contributed by atoms with Gasteiger partial charge in [0.1, 0.15) is 10.9 Å². The average molecular weight is 545 g/mol. The van der Waals surface area contributed by atoms with Crippen molar-refractivity contribution in [3.8, 4) is 11.2 Å². The predicted molar refractivity (Wildman–Crippen MR) is 117 cm³/mol. The smallest absolute Gasteiger partial charge is 0.378 e. The van der Waals surface area contributed by atoms with Crippen LogP contribution in [0.4, 0.5) is 32.3 Å². The second kappa shape index (κ2) is 9.98. The lowest BCUT2D eigenvalue weighted by Crippen LogP contribution is -2.37. The Hall–Kier alpha value is -3.71. The van der Waals surface area contributed by atoms with Crippen LogP contribution in [0.3, 0.4) is 0 Å². The second-order valence-corrected chi connectivity index (χ2v) is 8.90. The minimum Gasteiger partial charge on any atom is -0.378 e. The highest BCUT2D eigenvalue weighted by Gasteiger charge is 2.37. The summed E-state index contributed by atoms with van der Waals surface area (Å²) in [5.41, 5.74) is -4.04. The Kier molecular flexibility index (Phi) is 7.11. The number of hydrogen-bond donors (Lipinski definition) is 1. The van der Waals surface area contributed by atoms with Gasteiger partial charge in [-0.25, -0.2) is 4.98 Å². The number of amides is 1. The van der Waals surface area contributed by atoms with Gasteiger partial charge < -0.3 is 15.0 Å². The van der Waals surface area contributed by atoms with Crippen molar-refractivity contribution >= 4 is 23.2 Å². The number of rotatable bonds is 5. The minimum atomic E-state index is -5.10. The molecule has 1 aliphatic rings. The predicted octanol–water partition coefficient (Wildman–Crippen LogP) is 3.96. The van der Waals surface area contributed by atoms with Crippen molar-refractivity contribution in [3.05, 3.63) is 51.8 Å². The van der Waals surface area contributed by atoms with Crippen molar-refractivity contribution in [2.75, 3.05) is 31.2 Å². The van der Waals surface area contributed by atoms with Crippen LogP contribution in [0, 0.1) is 11.3 Å². The topological polar surface area (TPSA) is 109 Å². The first kappa shape index (κ1) is 26.4. The SMILES string of the molecule is C[C@H](NC(=O)c1cc(C(F)(F)F)cc(C(F)(F)F)c1)c1nc(N2CCOCC2)nn1-c1ncc(C#N)s1. The number of anilines is 1. The molecule has 1 aliphatic heterocycles. The first-order valence-corrected chi connectivity index (χ1v) is 11.4. The van der Waals surface area contributed by atoms with Crippen LogP contribution in [-0.2, 0) is 17.1 Å². The van der Waals surface area contributed by atoms with Gasteiger partial charge in [-0.05, 0) is 25.1 Å². The molecule has 4 rings (SSSR count). The number of benzene rings is 1. The van der Waals surface area contributed by atoms with Crippen molar-refractivity contribution in [3.63, 3.8) is 0 Å². The fourth-order valence-corrected chi connectivity index (χ4v) is 4.15. The summed E-state index contributed by atoms with van der Waals surface area (Å²) >= 11 is 0.984. The number of carbonyl (C=O) groups excluding carboxylic acids is 1. The number of nitrogens with one attached hydrogen (secondary N) is 1. The number of hydrogen-bond acceptors (Lipinski definition) is 8. The molecule has 3 aromatic rings. The minimum absolute atomic E-state index is 0.0549. The molecule has 0 saturated carbocycles. The maximum Gasteiger partial charge on any atom is 0.416 e. The van der Waals surface area contributed by atoms with Crippen LogP contribution in [0.1, 0.15) is 45.2 Å². The Labute approximate surface area is 209 Å². The molecule has 1 amide bonds. The molecule has 0 aliphatic carbocycles. The summed E-state index contributed by atoms with van der Waals surface area (Å²) in [5, 5.41) is 16.2. The molecule has 0 spiro atoms. The molecular weight excluding hydrogens is 528 g/mol. The van der Waals surface area contributed by atoms with Gasteiger partial charge >= 0.3 is 12.4 Å².